The van der Waals surface area contributed by atoms with Gasteiger partial charge in [-0.25, -0.2) is 4.98 Å². The lowest BCUT2D eigenvalue weighted by atomic mass is 10.4. The molecule has 0 aliphatic carbocycles. The quantitative estimate of drug-likeness (QED) is 0.744. The Morgan fingerprint density at radius 2 is 2.36 bits per heavy atom. The van der Waals surface area contributed by atoms with Crippen LogP contribution in [0.15, 0.2) is 29.1 Å². The van der Waals surface area contributed by atoms with Gasteiger partial charge in [0.2, 0.25) is 12.3 Å². The number of nitrogens with zero attached hydrogens (tertiary/aromatic N) is 3. The molecule has 0 aliphatic rings. The molecule has 2 heterocycles. The van der Waals surface area contributed by atoms with Gasteiger partial charge in [-0.1, -0.05) is 11.2 Å². The molecule has 14 heavy (non-hydrogen) atoms. The SMILES string of the molecule is Fc1cccc(NCc2ncon2)n1. The fourth-order valence-electron chi connectivity index (χ4n) is 0.947. The van der Waals surface area contributed by atoms with Crippen LogP contribution in [-0.4, -0.2) is 15.1 Å². The van der Waals surface area contributed by atoms with E-state index in [1.807, 2.05) is 0 Å². The van der Waals surface area contributed by atoms with Crippen molar-refractivity contribution in [3.63, 3.8) is 0 Å². The number of hydrogen-bond acceptors (Lipinski definition) is 5. The lowest BCUT2D eigenvalue weighted by Crippen LogP contribution is -2.03. The van der Waals surface area contributed by atoms with Crippen LogP contribution in [0, 0.1) is 5.95 Å². The predicted octanol–water partition coefficient (Wildman–Crippen LogP) is 1.22. The summed E-state index contributed by atoms with van der Waals surface area (Å²) < 4.78 is 17.2. The fraction of sp³-hybridized carbons (Fsp3) is 0.125. The van der Waals surface area contributed by atoms with E-state index in [-0.39, 0.29) is 0 Å². The molecule has 2 rings (SSSR count). The molecule has 72 valence electrons. The van der Waals surface area contributed by atoms with Gasteiger partial charge in [-0.05, 0) is 12.1 Å². The van der Waals surface area contributed by atoms with Gasteiger partial charge in [0, 0.05) is 0 Å². The van der Waals surface area contributed by atoms with E-state index in [0.29, 0.717) is 18.2 Å². The van der Waals surface area contributed by atoms with E-state index in [9.17, 15) is 4.39 Å². The Morgan fingerprint density at radius 1 is 1.43 bits per heavy atom. The van der Waals surface area contributed by atoms with Crippen molar-refractivity contribution < 1.29 is 8.91 Å². The lowest BCUT2D eigenvalue weighted by Gasteiger charge is -2.00. The number of halogens is 1. The largest absolute Gasteiger partial charge is 0.363 e. The third-order valence-corrected chi connectivity index (χ3v) is 1.55. The summed E-state index contributed by atoms with van der Waals surface area (Å²) in [6.07, 6.45) is 1.23. The molecule has 0 radical (unpaired) electrons. The minimum absolute atomic E-state index is 0.354. The summed E-state index contributed by atoms with van der Waals surface area (Å²) in [5.41, 5.74) is 0. The number of rotatable bonds is 3. The van der Waals surface area contributed by atoms with Crippen LogP contribution in [0.5, 0.6) is 0 Å². The fourth-order valence-corrected chi connectivity index (χ4v) is 0.947. The third kappa shape index (κ3) is 2.03. The van der Waals surface area contributed by atoms with Crippen LogP contribution in [0.1, 0.15) is 5.82 Å². The van der Waals surface area contributed by atoms with Gasteiger partial charge in [-0.3, -0.25) is 0 Å². The van der Waals surface area contributed by atoms with Crippen LogP contribution in [-0.2, 0) is 6.54 Å². The van der Waals surface area contributed by atoms with Crippen molar-refractivity contribution in [1.82, 2.24) is 15.1 Å². The molecule has 0 saturated heterocycles. The number of pyridine rings is 1. The Hall–Kier alpha value is -1.98. The second-order valence-electron chi connectivity index (χ2n) is 2.55. The third-order valence-electron chi connectivity index (χ3n) is 1.55. The Morgan fingerprint density at radius 3 is 3.07 bits per heavy atom. The minimum Gasteiger partial charge on any atom is -0.363 e. The molecular weight excluding hydrogens is 187 g/mol. The van der Waals surface area contributed by atoms with E-state index in [1.54, 1.807) is 12.1 Å². The van der Waals surface area contributed by atoms with E-state index in [1.165, 1.54) is 12.5 Å². The second kappa shape index (κ2) is 3.82. The molecule has 0 aliphatic heterocycles. The van der Waals surface area contributed by atoms with Crippen molar-refractivity contribution in [2.75, 3.05) is 5.32 Å². The minimum atomic E-state index is -0.525. The van der Waals surface area contributed by atoms with E-state index >= 15 is 0 Å². The molecule has 0 spiro atoms. The van der Waals surface area contributed by atoms with Crippen molar-refractivity contribution >= 4 is 5.82 Å². The molecule has 2 aromatic heterocycles. The van der Waals surface area contributed by atoms with Crippen molar-refractivity contribution in [3.8, 4) is 0 Å². The Bertz CT molecular complexity index is 403. The number of hydrogen-bond donors (Lipinski definition) is 1. The molecular formula is C8H7FN4O. The maximum absolute atomic E-state index is 12.6. The molecule has 0 amide bonds. The molecule has 2 aromatic rings. The van der Waals surface area contributed by atoms with E-state index in [0.717, 1.165) is 0 Å². The normalized spacial score (nSPS) is 10.1. The molecule has 0 aromatic carbocycles. The van der Waals surface area contributed by atoms with Crippen LogP contribution < -0.4 is 5.32 Å². The van der Waals surface area contributed by atoms with E-state index < -0.39 is 5.95 Å². The van der Waals surface area contributed by atoms with Crippen molar-refractivity contribution in [2.24, 2.45) is 0 Å². The van der Waals surface area contributed by atoms with Gasteiger partial charge in [0.25, 0.3) is 0 Å². The second-order valence-corrected chi connectivity index (χ2v) is 2.55. The average molecular weight is 194 g/mol. The highest BCUT2D eigenvalue weighted by Crippen LogP contribution is 2.04. The molecule has 6 heteroatoms. The van der Waals surface area contributed by atoms with Crippen molar-refractivity contribution in [2.45, 2.75) is 6.54 Å². The molecule has 0 saturated carbocycles. The highest BCUT2D eigenvalue weighted by molar-refractivity contribution is 5.33. The topological polar surface area (TPSA) is 63.8 Å². The van der Waals surface area contributed by atoms with Gasteiger partial charge < -0.3 is 9.84 Å². The van der Waals surface area contributed by atoms with Gasteiger partial charge >= 0.3 is 0 Å². The van der Waals surface area contributed by atoms with Crippen LogP contribution >= 0.6 is 0 Å². The van der Waals surface area contributed by atoms with Gasteiger partial charge in [0.15, 0.2) is 5.82 Å². The van der Waals surface area contributed by atoms with Crippen LogP contribution in [0.2, 0.25) is 0 Å². The first-order chi connectivity index (χ1) is 6.84. The molecule has 5 nitrogen and oxygen atoms in total. The van der Waals surface area contributed by atoms with Crippen LogP contribution in [0.3, 0.4) is 0 Å². The zero-order chi connectivity index (χ0) is 9.80. The highest BCUT2D eigenvalue weighted by atomic mass is 19.1. The Labute approximate surface area is 79.0 Å². The van der Waals surface area contributed by atoms with E-state index in [4.69, 9.17) is 0 Å². The average Bonchev–Trinajstić information content (AvgIpc) is 2.67. The maximum Gasteiger partial charge on any atom is 0.214 e. The van der Waals surface area contributed by atoms with E-state index in [2.05, 4.69) is 25.0 Å². The summed E-state index contributed by atoms with van der Waals surface area (Å²) in [7, 11) is 0. The van der Waals surface area contributed by atoms with Gasteiger partial charge in [0.1, 0.15) is 5.82 Å². The van der Waals surface area contributed by atoms with Crippen LogP contribution in [0.4, 0.5) is 10.2 Å². The highest BCUT2D eigenvalue weighted by Gasteiger charge is 1.99. The monoisotopic (exact) mass is 194 g/mol. The first kappa shape index (κ1) is 8.61. The Kier molecular flexibility index (Phi) is 2.35. The maximum atomic E-state index is 12.6. The standard InChI is InChI=1S/C8H7FN4O/c9-6-2-1-3-7(12-6)10-4-8-11-5-14-13-8/h1-3,5H,4H2,(H,10,12). The Balaban J connectivity index is 1.98. The van der Waals surface area contributed by atoms with Gasteiger partial charge in [-0.15, -0.1) is 0 Å². The summed E-state index contributed by atoms with van der Waals surface area (Å²) in [5, 5.41) is 6.44. The number of nitrogens with one attached hydrogen (secondary N) is 1. The van der Waals surface area contributed by atoms with Crippen molar-refractivity contribution in [1.29, 1.82) is 0 Å². The van der Waals surface area contributed by atoms with Crippen LogP contribution in [0.25, 0.3) is 0 Å². The van der Waals surface area contributed by atoms with Crippen molar-refractivity contribution in [3.05, 3.63) is 36.4 Å². The van der Waals surface area contributed by atoms with Gasteiger partial charge in [-0.2, -0.15) is 9.37 Å². The summed E-state index contributed by atoms with van der Waals surface area (Å²) in [5.74, 6) is 0.411. The summed E-state index contributed by atoms with van der Waals surface area (Å²) >= 11 is 0. The molecule has 0 fully saturated rings. The van der Waals surface area contributed by atoms with Gasteiger partial charge in [0.05, 0.1) is 6.54 Å². The first-order valence-electron chi connectivity index (χ1n) is 3.96. The molecule has 0 atom stereocenters. The summed E-state index contributed by atoms with van der Waals surface area (Å²) in [6, 6.07) is 4.50. The predicted molar refractivity (Wildman–Crippen MR) is 45.8 cm³/mol. The zero-order valence-electron chi connectivity index (χ0n) is 7.14. The summed E-state index contributed by atoms with van der Waals surface area (Å²) in [4.78, 5) is 7.40. The number of aromatic nitrogens is 3. The zero-order valence-corrected chi connectivity index (χ0v) is 7.14. The number of anilines is 1. The summed E-state index contributed by atoms with van der Waals surface area (Å²) in [6.45, 7) is 0.354. The lowest BCUT2D eigenvalue weighted by molar-refractivity contribution is 0.411. The molecule has 1 N–H and O–H groups in total. The molecule has 0 unspecified atom stereocenters. The molecule has 0 bridgehead atoms. The smallest absolute Gasteiger partial charge is 0.214 e. The first-order valence-corrected chi connectivity index (χ1v) is 3.96.